The third-order valence-electron chi connectivity index (χ3n) is 2.26. The maximum Gasteiger partial charge on any atom is 0.0593 e. The van der Waals surface area contributed by atoms with Crippen molar-refractivity contribution in [3.63, 3.8) is 0 Å². The first-order valence-corrected chi connectivity index (χ1v) is 5.54. The lowest BCUT2D eigenvalue weighted by atomic mass is 10.1. The summed E-state index contributed by atoms with van der Waals surface area (Å²) in [7, 11) is 0. The average molecular weight is 218 g/mol. The highest BCUT2D eigenvalue weighted by atomic mass is 15.3. The van der Waals surface area contributed by atoms with Crippen LogP contribution >= 0.6 is 0 Å². The number of nitrogens with zero attached hydrogens (tertiary/aromatic N) is 2. The van der Waals surface area contributed by atoms with Gasteiger partial charge in [0, 0.05) is 12.7 Å². The molecule has 0 atom stereocenters. The number of rotatable bonds is 5. The summed E-state index contributed by atoms with van der Waals surface area (Å²) in [5.74, 6) is 0. The van der Waals surface area contributed by atoms with E-state index >= 15 is 0 Å². The minimum atomic E-state index is 0.985. The van der Waals surface area contributed by atoms with Gasteiger partial charge in [-0.25, -0.2) is 0 Å². The van der Waals surface area contributed by atoms with Gasteiger partial charge in [-0.05, 0) is 32.8 Å². The minimum absolute atomic E-state index is 0.985. The first kappa shape index (κ1) is 14.4. The molecule has 0 unspecified atom stereocenters. The molecule has 1 heterocycles. The lowest BCUT2D eigenvalue weighted by molar-refractivity contribution is 0.576. The maximum absolute atomic E-state index is 4.33. The maximum atomic E-state index is 4.33. The molecule has 1 aromatic heterocycles. The largest absolute Gasteiger partial charge is 0.272 e. The van der Waals surface area contributed by atoms with Gasteiger partial charge in [0.2, 0.25) is 0 Å². The van der Waals surface area contributed by atoms with E-state index in [2.05, 4.69) is 37.8 Å². The minimum Gasteiger partial charge on any atom is -0.272 e. The summed E-state index contributed by atoms with van der Waals surface area (Å²) in [6, 6.07) is 2.03. The summed E-state index contributed by atoms with van der Waals surface area (Å²) >= 11 is 0. The summed E-state index contributed by atoms with van der Waals surface area (Å²) in [6.07, 6.45) is 8.26. The lowest BCUT2D eigenvalue weighted by Gasteiger charge is -2.02. The van der Waals surface area contributed by atoms with Crippen LogP contribution in [0.4, 0.5) is 0 Å². The first-order chi connectivity index (χ1) is 7.76. The molecule has 0 aromatic carbocycles. The molecule has 16 heavy (non-hydrogen) atoms. The fourth-order valence-electron chi connectivity index (χ4n) is 1.40. The van der Waals surface area contributed by atoms with Gasteiger partial charge in [-0.2, -0.15) is 5.10 Å². The van der Waals surface area contributed by atoms with Crippen LogP contribution in [-0.2, 0) is 6.54 Å². The Labute approximate surface area is 99.0 Å². The molecule has 2 nitrogen and oxygen atoms in total. The quantitative estimate of drug-likeness (QED) is 0.541. The van der Waals surface area contributed by atoms with E-state index in [1.54, 1.807) is 0 Å². The Hall–Kier alpha value is -1.57. The Balaban J connectivity index is 0.00000106. The molecule has 0 aliphatic heterocycles. The zero-order chi connectivity index (χ0) is 12.4. The monoisotopic (exact) mass is 218 g/mol. The summed E-state index contributed by atoms with van der Waals surface area (Å²) < 4.78 is 1.99. The molecule has 0 radical (unpaired) electrons. The smallest absolute Gasteiger partial charge is 0.0593 e. The van der Waals surface area contributed by atoms with Crippen molar-refractivity contribution in [3.05, 3.63) is 55.4 Å². The van der Waals surface area contributed by atoms with Crippen LogP contribution in [0.5, 0.6) is 0 Å². The Morgan fingerprint density at radius 1 is 1.50 bits per heavy atom. The summed E-state index contributed by atoms with van der Waals surface area (Å²) in [6.45, 7) is 14.8. The molecular weight excluding hydrogens is 196 g/mol. The van der Waals surface area contributed by atoms with E-state index < -0.39 is 0 Å². The molecule has 0 aliphatic carbocycles. The van der Waals surface area contributed by atoms with Crippen molar-refractivity contribution in [2.45, 2.75) is 33.2 Å². The van der Waals surface area contributed by atoms with Gasteiger partial charge in [-0.15, -0.1) is 13.2 Å². The highest BCUT2D eigenvalue weighted by Gasteiger charge is 1.95. The number of aryl methyl sites for hydroxylation is 2. The second kappa shape index (κ2) is 8.72. The molecule has 88 valence electrons. The molecule has 2 heteroatoms. The van der Waals surface area contributed by atoms with Gasteiger partial charge >= 0.3 is 0 Å². The second-order valence-electron chi connectivity index (χ2n) is 3.39. The Kier molecular flexibility index (Phi) is 7.86. The third-order valence-corrected chi connectivity index (χ3v) is 2.26. The van der Waals surface area contributed by atoms with Crippen molar-refractivity contribution in [2.24, 2.45) is 0 Å². The highest BCUT2D eigenvalue weighted by Crippen LogP contribution is 2.07. The van der Waals surface area contributed by atoms with E-state index in [9.17, 15) is 0 Å². The lowest BCUT2D eigenvalue weighted by Crippen LogP contribution is -1.99. The molecule has 0 saturated heterocycles. The molecule has 0 bridgehead atoms. The predicted molar refractivity (Wildman–Crippen MR) is 71.4 cm³/mol. The van der Waals surface area contributed by atoms with Crippen LogP contribution in [0, 0.1) is 6.92 Å². The van der Waals surface area contributed by atoms with Crippen molar-refractivity contribution in [1.29, 1.82) is 0 Å². The van der Waals surface area contributed by atoms with Crippen molar-refractivity contribution < 1.29 is 0 Å². The number of allylic oxidation sites excluding steroid dienone is 3. The summed E-state index contributed by atoms with van der Waals surface area (Å²) in [5, 5.41) is 4.33. The average Bonchev–Trinajstić information content (AvgIpc) is 2.73. The van der Waals surface area contributed by atoms with E-state index in [1.165, 1.54) is 5.57 Å². The zero-order valence-electron chi connectivity index (χ0n) is 10.4. The van der Waals surface area contributed by atoms with E-state index in [-0.39, 0.29) is 0 Å². The van der Waals surface area contributed by atoms with Crippen molar-refractivity contribution in [2.75, 3.05) is 0 Å². The second-order valence-corrected chi connectivity index (χ2v) is 3.39. The van der Waals surface area contributed by atoms with Crippen LogP contribution in [-0.4, -0.2) is 9.78 Å². The van der Waals surface area contributed by atoms with Gasteiger partial charge in [0.25, 0.3) is 0 Å². The van der Waals surface area contributed by atoms with Gasteiger partial charge in [0.1, 0.15) is 0 Å². The number of aromatic nitrogens is 2. The van der Waals surface area contributed by atoms with Crippen molar-refractivity contribution >= 4 is 0 Å². The molecule has 0 saturated carbocycles. The van der Waals surface area contributed by atoms with Crippen LogP contribution in [0.25, 0.3) is 0 Å². The SMILES string of the molecule is C=C.C=C/C(=C\C)CCCn1ccc(C)n1. The van der Waals surface area contributed by atoms with E-state index in [0.29, 0.717) is 0 Å². The topological polar surface area (TPSA) is 17.8 Å². The molecule has 1 rings (SSSR count). The summed E-state index contributed by atoms with van der Waals surface area (Å²) in [5.41, 5.74) is 2.40. The van der Waals surface area contributed by atoms with Crippen molar-refractivity contribution in [1.82, 2.24) is 9.78 Å². The van der Waals surface area contributed by atoms with Crippen LogP contribution in [0.15, 0.2) is 49.7 Å². The molecule has 0 spiro atoms. The number of hydrogen-bond donors (Lipinski definition) is 0. The fourth-order valence-corrected chi connectivity index (χ4v) is 1.40. The first-order valence-electron chi connectivity index (χ1n) is 5.54. The molecule has 1 aromatic rings. The van der Waals surface area contributed by atoms with E-state index in [1.807, 2.05) is 29.9 Å². The molecule has 0 fully saturated rings. The molecule has 0 amide bonds. The van der Waals surface area contributed by atoms with Crippen LogP contribution in [0.1, 0.15) is 25.5 Å². The van der Waals surface area contributed by atoms with Crippen LogP contribution in [0.3, 0.4) is 0 Å². The third kappa shape index (κ3) is 5.35. The van der Waals surface area contributed by atoms with Gasteiger partial charge < -0.3 is 0 Å². The van der Waals surface area contributed by atoms with E-state index in [0.717, 1.165) is 25.1 Å². The van der Waals surface area contributed by atoms with Crippen LogP contribution in [0.2, 0.25) is 0 Å². The van der Waals surface area contributed by atoms with Crippen LogP contribution < -0.4 is 0 Å². The standard InChI is InChI=1S/C12H18N2.C2H4/c1-4-12(5-2)7-6-9-14-10-8-11(3)13-14;1-2/h4-5,8,10H,1,6-7,9H2,2-3H3;1-2H2/b12-5+;. The zero-order valence-corrected chi connectivity index (χ0v) is 10.4. The molecular formula is C14H22N2. The fraction of sp³-hybridized carbons (Fsp3) is 0.357. The number of hydrogen-bond acceptors (Lipinski definition) is 1. The molecule has 0 aliphatic rings. The molecule has 0 N–H and O–H groups in total. The van der Waals surface area contributed by atoms with E-state index in [4.69, 9.17) is 0 Å². The van der Waals surface area contributed by atoms with Gasteiger partial charge in [0.15, 0.2) is 0 Å². The van der Waals surface area contributed by atoms with Gasteiger partial charge in [-0.3, -0.25) is 4.68 Å². The highest BCUT2D eigenvalue weighted by molar-refractivity contribution is 5.14. The predicted octanol–water partition coefficient (Wildman–Crippen LogP) is 3.91. The normalized spacial score (nSPS) is 10.5. The Morgan fingerprint density at radius 3 is 2.62 bits per heavy atom. The van der Waals surface area contributed by atoms with Gasteiger partial charge in [-0.1, -0.05) is 24.3 Å². The Morgan fingerprint density at radius 2 is 2.19 bits per heavy atom. The Bertz CT molecular complexity index is 334. The summed E-state index contributed by atoms with van der Waals surface area (Å²) in [4.78, 5) is 0. The van der Waals surface area contributed by atoms with Crippen molar-refractivity contribution in [3.8, 4) is 0 Å². The van der Waals surface area contributed by atoms with Gasteiger partial charge in [0.05, 0.1) is 5.69 Å².